The van der Waals surface area contributed by atoms with Crippen molar-refractivity contribution in [3.8, 4) is 0 Å². The van der Waals surface area contributed by atoms with E-state index in [1.54, 1.807) is 29.4 Å². The summed E-state index contributed by atoms with van der Waals surface area (Å²) in [6.07, 6.45) is 5.50. The van der Waals surface area contributed by atoms with Gasteiger partial charge in [-0.05, 0) is 50.1 Å². The first-order valence-corrected chi connectivity index (χ1v) is 13.0. The molecule has 5 heterocycles. The fourth-order valence-electron chi connectivity index (χ4n) is 4.27. The monoisotopic (exact) mass is 468 g/mol. The van der Waals surface area contributed by atoms with Crippen LogP contribution in [0.5, 0.6) is 0 Å². The Hall–Kier alpha value is -2.16. The molecule has 1 aliphatic heterocycles. The number of nitrogens with zero attached hydrogens (tertiary/aromatic N) is 3. The van der Waals surface area contributed by atoms with Crippen LogP contribution in [-0.2, 0) is 30.7 Å². The summed E-state index contributed by atoms with van der Waals surface area (Å²) >= 11 is 3.24. The van der Waals surface area contributed by atoms with Crippen molar-refractivity contribution in [2.24, 2.45) is 5.92 Å². The molecule has 0 saturated heterocycles. The minimum absolute atomic E-state index is 0.208. The summed E-state index contributed by atoms with van der Waals surface area (Å²) in [7, 11) is 0. The van der Waals surface area contributed by atoms with Crippen LogP contribution >= 0.6 is 23.1 Å². The molecule has 0 radical (unpaired) electrons. The molecular weight excluding hydrogens is 440 g/mol. The maximum absolute atomic E-state index is 6.20. The average molecular weight is 469 g/mol. The van der Waals surface area contributed by atoms with Gasteiger partial charge in [0.1, 0.15) is 16.4 Å². The number of hydrogen-bond donors (Lipinski definition) is 1. The SMILES string of the molecule is CSc1nc(NCc2ccco2)c2sc3nc(CC(C)C)c4c(c3c2n1)CC(C)(C)OC4. The second-order valence-corrected chi connectivity index (χ2v) is 11.1. The maximum Gasteiger partial charge on any atom is 0.189 e. The topological polar surface area (TPSA) is 73.1 Å². The molecule has 4 aromatic heterocycles. The number of aromatic nitrogens is 3. The van der Waals surface area contributed by atoms with E-state index in [0.717, 1.165) is 50.3 Å². The number of nitrogens with one attached hydrogen (secondary N) is 1. The fraction of sp³-hybridized carbons (Fsp3) is 0.458. The van der Waals surface area contributed by atoms with E-state index in [9.17, 15) is 0 Å². The molecule has 0 amide bonds. The molecule has 0 fully saturated rings. The summed E-state index contributed by atoms with van der Waals surface area (Å²) in [5, 5.41) is 5.39. The van der Waals surface area contributed by atoms with Crippen molar-refractivity contribution in [1.82, 2.24) is 15.0 Å². The van der Waals surface area contributed by atoms with Gasteiger partial charge < -0.3 is 14.5 Å². The number of anilines is 1. The Morgan fingerprint density at radius 2 is 2.06 bits per heavy atom. The van der Waals surface area contributed by atoms with Gasteiger partial charge in [-0.1, -0.05) is 25.6 Å². The van der Waals surface area contributed by atoms with Crippen LogP contribution in [0.1, 0.15) is 50.3 Å². The normalized spacial score (nSPS) is 15.6. The van der Waals surface area contributed by atoms with Crippen LogP contribution in [0.4, 0.5) is 5.82 Å². The van der Waals surface area contributed by atoms with Gasteiger partial charge in [0.05, 0.1) is 35.2 Å². The molecular formula is C24H28N4O2S2. The number of thiophene rings is 1. The Kier molecular flexibility index (Phi) is 5.63. The van der Waals surface area contributed by atoms with Gasteiger partial charge in [0.15, 0.2) is 5.16 Å². The molecule has 0 saturated carbocycles. The molecule has 32 heavy (non-hydrogen) atoms. The minimum Gasteiger partial charge on any atom is -0.467 e. The largest absolute Gasteiger partial charge is 0.467 e. The standard InChI is InChI=1S/C24H28N4O2S2/c1-13(2)9-17-16-12-30-24(3,4)10-15(16)18-19-20(32-22(18)26-17)21(28-23(27-19)31-5)25-11-14-7-6-8-29-14/h6-8,13H,9-12H2,1-5H3,(H,25,27,28). The van der Waals surface area contributed by atoms with Crippen molar-refractivity contribution in [2.75, 3.05) is 11.6 Å². The summed E-state index contributed by atoms with van der Waals surface area (Å²) < 4.78 is 12.7. The molecule has 0 bridgehead atoms. The summed E-state index contributed by atoms with van der Waals surface area (Å²) in [5.74, 6) is 2.24. The Labute approximate surface area is 196 Å². The van der Waals surface area contributed by atoms with Crippen molar-refractivity contribution in [1.29, 1.82) is 0 Å². The lowest BCUT2D eigenvalue weighted by Gasteiger charge is -2.33. The number of ether oxygens (including phenoxy) is 1. The molecule has 1 N–H and O–H groups in total. The van der Waals surface area contributed by atoms with Crippen LogP contribution in [-0.4, -0.2) is 26.8 Å². The third-order valence-corrected chi connectivity index (χ3v) is 7.38. The molecule has 8 heteroatoms. The van der Waals surface area contributed by atoms with E-state index in [4.69, 9.17) is 24.1 Å². The lowest BCUT2D eigenvalue weighted by molar-refractivity contribution is -0.0402. The van der Waals surface area contributed by atoms with Gasteiger partial charge in [-0.25, -0.2) is 15.0 Å². The highest BCUT2D eigenvalue weighted by atomic mass is 32.2. The molecule has 0 aliphatic carbocycles. The lowest BCUT2D eigenvalue weighted by Crippen LogP contribution is -2.33. The summed E-state index contributed by atoms with van der Waals surface area (Å²) in [6.45, 7) is 9.99. The molecule has 0 aromatic carbocycles. The second-order valence-electron chi connectivity index (χ2n) is 9.29. The van der Waals surface area contributed by atoms with Crippen molar-refractivity contribution in [2.45, 2.75) is 64.4 Å². The van der Waals surface area contributed by atoms with Gasteiger partial charge >= 0.3 is 0 Å². The Morgan fingerprint density at radius 1 is 1.22 bits per heavy atom. The highest BCUT2D eigenvalue weighted by molar-refractivity contribution is 7.98. The average Bonchev–Trinajstić information content (AvgIpc) is 3.38. The molecule has 168 valence electrons. The number of thioether (sulfide) groups is 1. The van der Waals surface area contributed by atoms with E-state index in [0.29, 0.717) is 19.1 Å². The van der Waals surface area contributed by atoms with Crippen molar-refractivity contribution in [3.05, 3.63) is 41.0 Å². The van der Waals surface area contributed by atoms with Gasteiger partial charge in [0.25, 0.3) is 0 Å². The first kappa shape index (κ1) is 21.7. The van der Waals surface area contributed by atoms with E-state index < -0.39 is 0 Å². The van der Waals surface area contributed by atoms with Crippen LogP contribution < -0.4 is 5.32 Å². The molecule has 5 rings (SSSR count). The first-order chi connectivity index (χ1) is 15.3. The maximum atomic E-state index is 6.20. The third-order valence-electron chi connectivity index (χ3n) is 5.75. The van der Waals surface area contributed by atoms with Gasteiger partial charge in [-0.15, -0.1) is 11.3 Å². The Balaban J connectivity index is 1.73. The number of rotatable bonds is 6. The van der Waals surface area contributed by atoms with Gasteiger partial charge in [0, 0.05) is 23.1 Å². The first-order valence-electron chi connectivity index (χ1n) is 10.9. The number of hydrogen-bond acceptors (Lipinski definition) is 8. The second kappa shape index (κ2) is 8.32. The molecule has 0 spiro atoms. The van der Waals surface area contributed by atoms with Crippen molar-refractivity contribution < 1.29 is 9.15 Å². The zero-order chi connectivity index (χ0) is 22.5. The highest BCUT2D eigenvalue weighted by Crippen LogP contribution is 2.43. The van der Waals surface area contributed by atoms with Gasteiger partial charge in [0.2, 0.25) is 0 Å². The van der Waals surface area contributed by atoms with Crippen LogP contribution in [0.2, 0.25) is 0 Å². The lowest BCUT2D eigenvalue weighted by atomic mass is 9.88. The third kappa shape index (κ3) is 4.00. The summed E-state index contributed by atoms with van der Waals surface area (Å²) in [4.78, 5) is 15.9. The zero-order valence-corrected chi connectivity index (χ0v) is 20.7. The van der Waals surface area contributed by atoms with E-state index in [2.05, 4.69) is 33.0 Å². The molecule has 6 nitrogen and oxygen atoms in total. The van der Waals surface area contributed by atoms with E-state index in [1.165, 1.54) is 16.5 Å². The molecule has 4 aromatic rings. The molecule has 0 unspecified atom stereocenters. The van der Waals surface area contributed by atoms with Crippen LogP contribution in [0.25, 0.3) is 20.4 Å². The Morgan fingerprint density at radius 3 is 2.78 bits per heavy atom. The number of pyridine rings is 1. The summed E-state index contributed by atoms with van der Waals surface area (Å²) in [6, 6.07) is 3.86. The van der Waals surface area contributed by atoms with Crippen molar-refractivity contribution >= 4 is 49.3 Å². The minimum atomic E-state index is -0.208. The van der Waals surface area contributed by atoms with Crippen LogP contribution in [0, 0.1) is 5.92 Å². The van der Waals surface area contributed by atoms with E-state index in [1.807, 2.05) is 18.4 Å². The van der Waals surface area contributed by atoms with Crippen LogP contribution in [0.3, 0.4) is 0 Å². The quantitative estimate of drug-likeness (QED) is 0.266. The van der Waals surface area contributed by atoms with Crippen molar-refractivity contribution in [3.63, 3.8) is 0 Å². The predicted octanol–water partition coefficient (Wildman–Crippen LogP) is 6.22. The Bertz CT molecular complexity index is 1280. The van der Waals surface area contributed by atoms with Gasteiger partial charge in [-0.3, -0.25) is 0 Å². The highest BCUT2D eigenvalue weighted by Gasteiger charge is 2.32. The number of fused-ring (bicyclic) bond motifs is 5. The van der Waals surface area contributed by atoms with Gasteiger partial charge in [-0.2, -0.15) is 0 Å². The number of furan rings is 1. The zero-order valence-electron chi connectivity index (χ0n) is 19.1. The fourth-order valence-corrected chi connectivity index (χ4v) is 5.77. The smallest absolute Gasteiger partial charge is 0.189 e. The molecule has 0 atom stereocenters. The van der Waals surface area contributed by atoms with Crippen LogP contribution in [0.15, 0.2) is 28.0 Å². The molecule has 1 aliphatic rings. The van der Waals surface area contributed by atoms with E-state index >= 15 is 0 Å². The van der Waals surface area contributed by atoms with E-state index in [-0.39, 0.29) is 5.60 Å². The predicted molar refractivity (Wildman–Crippen MR) is 132 cm³/mol. The summed E-state index contributed by atoms with van der Waals surface area (Å²) in [5.41, 5.74) is 4.53.